The van der Waals surface area contributed by atoms with Crippen LogP contribution in [0.15, 0.2) is 30.3 Å². The SMILES string of the molecule is COC(=O)C1([C@H](NC(=O)OC(C)(C)C)c2ccccc2)CCCC1=O. The molecule has 0 radical (unpaired) electrons. The maximum atomic E-state index is 12.7. The van der Waals surface area contributed by atoms with Gasteiger partial charge >= 0.3 is 12.1 Å². The second-order valence-electron chi connectivity index (χ2n) is 7.23. The Morgan fingerprint density at radius 1 is 1.20 bits per heavy atom. The molecule has 6 nitrogen and oxygen atoms in total. The van der Waals surface area contributed by atoms with Gasteiger partial charge in [-0.2, -0.15) is 0 Å². The summed E-state index contributed by atoms with van der Waals surface area (Å²) in [6.07, 6.45) is 0.513. The molecule has 1 aliphatic rings. The molecule has 1 N–H and O–H groups in total. The third-order valence-electron chi connectivity index (χ3n) is 4.31. The third kappa shape index (κ3) is 4.00. The van der Waals surface area contributed by atoms with Crippen LogP contribution in [0.3, 0.4) is 0 Å². The Labute approximate surface area is 147 Å². The van der Waals surface area contributed by atoms with Crippen molar-refractivity contribution in [2.24, 2.45) is 5.41 Å². The van der Waals surface area contributed by atoms with Crippen LogP contribution in [-0.2, 0) is 19.1 Å². The van der Waals surface area contributed by atoms with E-state index < -0.39 is 29.1 Å². The van der Waals surface area contributed by atoms with Gasteiger partial charge in [0.2, 0.25) is 0 Å². The molecule has 1 fully saturated rings. The number of carbonyl (C=O) groups is 3. The van der Waals surface area contributed by atoms with Gasteiger partial charge in [0.05, 0.1) is 13.2 Å². The van der Waals surface area contributed by atoms with Gasteiger partial charge in [0, 0.05) is 6.42 Å². The van der Waals surface area contributed by atoms with E-state index in [0.29, 0.717) is 18.4 Å². The van der Waals surface area contributed by atoms with Gasteiger partial charge < -0.3 is 14.8 Å². The third-order valence-corrected chi connectivity index (χ3v) is 4.31. The summed E-state index contributed by atoms with van der Waals surface area (Å²) in [5.41, 5.74) is -1.45. The van der Waals surface area contributed by atoms with Crippen molar-refractivity contribution < 1.29 is 23.9 Å². The number of nitrogens with one attached hydrogen (secondary N) is 1. The Morgan fingerprint density at radius 3 is 2.32 bits per heavy atom. The average molecular weight is 347 g/mol. The van der Waals surface area contributed by atoms with Crippen molar-refractivity contribution in [3.63, 3.8) is 0 Å². The van der Waals surface area contributed by atoms with Crippen molar-refractivity contribution in [1.82, 2.24) is 5.32 Å². The van der Waals surface area contributed by atoms with Gasteiger partial charge in [-0.1, -0.05) is 30.3 Å². The number of alkyl carbamates (subject to hydrolysis) is 1. The van der Waals surface area contributed by atoms with Gasteiger partial charge in [-0.05, 0) is 39.2 Å². The van der Waals surface area contributed by atoms with Crippen LogP contribution in [0.5, 0.6) is 0 Å². The lowest BCUT2D eigenvalue weighted by Crippen LogP contribution is -2.50. The van der Waals surface area contributed by atoms with Crippen molar-refractivity contribution in [1.29, 1.82) is 0 Å². The maximum Gasteiger partial charge on any atom is 0.408 e. The first-order valence-corrected chi connectivity index (χ1v) is 8.37. The largest absolute Gasteiger partial charge is 0.468 e. The highest BCUT2D eigenvalue weighted by Crippen LogP contribution is 2.46. The van der Waals surface area contributed by atoms with Crippen LogP contribution in [-0.4, -0.2) is 30.6 Å². The zero-order chi connectivity index (χ0) is 18.7. The Balaban J connectivity index is 2.45. The summed E-state index contributed by atoms with van der Waals surface area (Å²) >= 11 is 0. The average Bonchev–Trinajstić information content (AvgIpc) is 2.93. The minimum Gasteiger partial charge on any atom is -0.468 e. The topological polar surface area (TPSA) is 81.7 Å². The smallest absolute Gasteiger partial charge is 0.408 e. The zero-order valence-electron chi connectivity index (χ0n) is 15.1. The lowest BCUT2D eigenvalue weighted by atomic mass is 9.74. The number of methoxy groups -OCH3 is 1. The monoisotopic (exact) mass is 347 g/mol. The predicted molar refractivity (Wildman–Crippen MR) is 91.9 cm³/mol. The quantitative estimate of drug-likeness (QED) is 0.668. The molecule has 2 rings (SSSR count). The summed E-state index contributed by atoms with van der Waals surface area (Å²) in [6, 6.07) is 8.13. The number of hydrogen-bond donors (Lipinski definition) is 1. The lowest BCUT2D eigenvalue weighted by Gasteiger charge is -2.34. The summed E-state index contributed by atoms with van der Waals surface area (Å²) in [4.78, 5) is 37.6. The van der Waals surface area contributed by atoms with Crippen molar-refractivity contribution in [2.75, 3.05) is 7.11 Å². The predicted octanol–water partition coefficient (Wildman–Crippen LogP) is 3.16. The second kappa shape index (κ2) is 7.25. The first kappa shape index (κ1) is 19.0. The van der Waals surface area contributed by atoms with E-state index in [1.807, 2.05) is 6.07 Å². The minimum absolute atomic E-state index is 0.218. The van der Waals surface area contributed by atoms with E-state index in [-0.39, 0.29) is 12.2 Å². The number of benzene rings is 1. The molecule has 1 aromatic rings. The Morgan fingerprint density at radius 2 is 1.84 bits per heavy atom. The van der Waals surface area contributed by atoms with E-state index in [1.54, 1.807) is 45.0 Å². The number of amides is 1. The van der Waals surface area contributed by atoms with Crippen LogP contribution in [0.25, 0.3) is 0 Å². The van der Waals surface area contributed by atoms with Gasteiger partial charge in [0.15, 0.2) is 11.2 Å². The van der Waals surface area contributed by atoms with Crippen LogP contribution >= 0.6 is 0 Å². The van der Waals surface area contributed by atoms with Crippen LogP contribution < -0.4 is 5.32 Å². The molecule has 136 valence electrons. The first-order chi connectivity index (χ1) is 11.7. The number of esters is 1. The highest BCUT2D eigenvalue weighted by Gasteiger charge is 2.56. The minimum atomic E-state index is -1.42. The fourth-order valence-corrected chi connectivity index (χ4v) is 3.27. The van der Waals surface area contributed by atoms with Gasteiger partial charge in [-0.15, -0.1) is 0 Å². The highest BCUT2D eigenvalue weighted by atomic mass is 16.6. The normalized spacial score (nSPS) is 21.5. The summed E-state index contributed by atoms with van der Waals surface area (Å²) in [7, 11) is 1.26. The van der Waals surface area contributed by atoms with Crippen LogP contribution in [0.1, 0.15) is 51.6 Å². The van der Waals surface area contributed by atoms with E-state index in [0.717, 1.165) is 0 Å². The summed E-state index contributed by atoms with van der Waals surface area (Å²) in [6.45, 7) is 5.25. The molecular formula is C19H25NO5. The molecule has 2 atom stereocenters. The van der Waals surface area contributed by atoms with Gasteiger partial charge in [-0.3, -0.25) is 9.59 Å². The Kier molecular flexibility index (Phi) is 5.50. The first-order valence-electron chi connectivity index (χ1n) is 8.37. The van der Waals surface area contributed by atoms with Crippen LogP contribution in [0, 0.1) is 5.41 Å². The van der Waals surface area contributed by atoms with Crippen molar-refractivity contribution in [3.8, 4) is 0 Å². The molecule has 0 aromatic heterocycles. The van der Waals surface area contributed by atoms with Crippen LogP contribution in [0.4, 0.5) is 4.79 Å². The lowest BCUT2D eigenvalue weighted by molar-refractivity contribution is -0.158. The fourth-order valence-electron chi connectivity index (χ4n) is 3.27. The number of rotatable bonds is 4. The molecule has 1 aromatic carbocycles. The summed E-state index contributed by atoms with van der Waals surface area (Å²) < 4.78 is 10.3. The molecule has 25 heavy (non-hydrogen) atoms. The Bertz CT molecular complexity index is 650. The number of ether oxygens (including phenoxy) is 2. The van der Waals surface area contributed by atoms with Gasteiger partial charge in [0.25, 0.3) is 0 Å². The molecular weight excluding hydrogens is 322 g/mol. The van der Waals surface area contributed by atoms with E-state index >= 15 is 0 Å². The molecule has 1 aliphatic carbocycles. The molecule has 0 aliphatic heterocycles. The fraction of sp³-hybridized carbons (Fsp3) is 0.526. The van der Waals surface area contributed by atoms with Crippen molar-refractivity contribution >= 4 is 17.8 Å². The van der Waals surface area contributed by atoms with E-state index in [9.17, 15) is 14.4 Å². The number of ketones is 1. The number of Topliss-reactive ketones (excluding diaryl/α,β-unsaturated/α-hetero) is 1. The molecule has 0 spiro atoms. The van der Waals surface area contributed by atoms with E-state index in [1.165, 1.54) is 7.11 Å². The van der Waals surface area contributed by atoms with Crippen molar-refractivity contribution in [2.45, 2.75) is 51.7 Å². The molecule has 1 unspecified atom stereocenters. The highest BCUT2D eigenvalue weighted by molar-refractivity contribution is 6.06. The Hall–Kier alpha value is -2.37. The molecule has 6 heteroatoms. The zero-order valence-corrected chi connectivity index (χ0v) is 15.1. The van der Waals surface area contributed by atoms with Crippen molar-refractivity contribution in [3.05, 3.63) is 35.9 Å². The standard InChI is InChI=1S/C19H25NO5/c1-18(2,3)25-17(23)20-15(13-9-6-5-7-10-13)19(16(22)24-4)12-8-11-14(19)21/h5-7,9-10,15H,8,11-12H2,1-4H3,(H,20,23)/t15-,19?/m1/s1. The number of carbonyl (C=O) groups excluding carboxylic acids is 3. The van der Waals surface area contributed by atoms with E-state index in [2.05, 4.69) is 5.32 Å². The van der Waals surface area contributed by atoms with E-state index in [4.69, 9.17) is 9.47 Å². The molecule has 1 saturated carbocycles. The van der Waals surface area contributed by atoms with Gasteiger partial charge in [-0.25, -0.2) is 4.79 Å². The summed E-state index contributed by atoms with van der Waals surface area (Å²) in [5.74, 6) is -0.843. The molecule has 0 saturated heterocycles. The van der Waals surface area contributed by atoms with Crippen LogP contribution in [0.2, 0.25) is 0 Å². The summed E-state index contributed by atoms with van der Waals surface area (Å²) in [5, 5.41) is 2.74. The molecule has 0 bridgehead atoms. The van der Waals surface area contributed by atoms with Gasteiger partial charge in [0.1, 0.15) is 5.60 Å². The second-order valence-corrected chi connectivity index (χ2v) is 7.23. The molecule has 0 heterocycles. The molecule has 1 amide bonds. The maximum absolute atomic E-state index is 12.7. The number of hydrogen-bond acceptors (Lipinski definition) is 5.